The van der Waals surface area contributed by atoms with Gasteiger partial charge in [0, 0.05) is 18.8 Å². The summed E-state index contributed by atoms with van der Waals surface area (Å²) in [6, 6.07) is 9.19. The molecule has 8 heteroatoms. The fraction of sp³-hybridized carbons (Fsp3) is 0.400. The third-order valence-electron chi connectivity index (χ3n) is 5.78. The average molecular weight is 387 g/mol. The summed E-state index contributed by atoms with van der Waals surface area (Å²) in [4.78, 5) is 9.01. The molecule has 2 N–H and O–H groups in total. The predicted molar refractivity (Wildman–Crippen MR) is 100 cm³/mol. The van der Waals surface area contributed by atoms with Gasteiger partial charge in [-0.15, -0.1) is 0 Å². The van der Waals surface area contributed by atoms with Crippen LogP contribution < -0.4 is 10.6 Å². The van der Waals surface area contributed by atoms with E-state index in [1.54, 1.807) is 28.9 Å². The third kappa shape index (κ3) is 2.83. The van der Waals surface area contributed by atoms with Crippen LogP contribution in [-0.4, -0.2) is 39.7 Å². The maximum atomic E-state index is 13.4. The van der Waals surface area contributed by atoms with E-state index in [4.69, 9.17) is 0 Å². The lowest BCUT2D eigenvalue weighted by Crippen LogP contribution is -2.28. The molecule has 1 aliphatic heterocycles. The number of imidazole rings is 1. The zero-order chi connectivity index (χ0) is 19.4. The van der Waals surface area contributed by atoms with Crippen LogP contribution in [0.5, 0.6) is 0 Å². The van der Waals surface area contributed by atoms with E-state index in [-0.39, 0.29) is 12.8 Å². The van der Waals surface area contributed by atoms with Crippen molar-refractivity contribution in [2.24, 2.45) is 0 Å². The number of hydrogen-bond donors (Lipinski definition) is 2. The summed E-state index contributed by atoms with van der Waals surface area (Å²) in [5.74, 6) is 0.784. The second-order valence-corrected chi connectivity index (χ2v) is 7.61. The van der Waals surface area contributed by atoms with E-state index in [1.807, 2.05) is 18.2 Å². The lowest BCUT2D eigenvalue weighted by Gasteiger charge is -2.19. The van der Waals surface area contributed by atoms with Gasteiger partial charge < -0.3 is 10.6 Å². The minimum absolute atomic E-state index is 0.144. The monoisotopic (exact) mass is 387 g/mol. The van der Waals surface area contributed by atoms with Crippen LogP contribution in [0.4, 0.5) is 19.0 Å². The van der Waals surface area contributed by atoms with Crippen molar-refractivity contribution in [3.05, 3.63) is 48.3 Å². The van der Waals surface area contributed by atoms with Gasteiger partial charge in [0.2, 0.25) is 0 Å². The molecule has 2 aliphatic rings. The van der Waals surface area contributed by atoms with Gasteiger partial charge >= 0.3 is 6.18 Å². The highest BCUT2D eigenvalue weighted by Crippen LogP contribution is 2.58. The molecular formula is C20H20F3N5. The normalized spacial score (nSPS) is 21.2. The Morgan fingerprint density at radius 3 is 2.79 bits per heavy atom. The van der Waals surface area contributed by atoms with Crippen molar-refractivity contribution in [1.82, 2.24) is 19.7 Å². The highest BCUT2D eigenvalue weighted by Gasteiger charge is 2.64. The van der Waals surface area contributed by atoms with Crippen molar-refractivity contribution >= 4 is 11.5 Å². The Kier molecular flexibility index (Phi) is 3.87. The lowest BCUT2D eigenvalue weighted by molar-refractivity contribution is -0.160. The Bertz CT molecular complexity index is 1020. The van der Waals surface area contributed by atoms with Gasteiger partial charge in [-0.05, 0) is 55.6 Å². The molecule has 28 heavy (non-hydrogen) atoms. The molecule has 0 amide bonds. The van der Waals surface area contributed by atoms with Crippen LogP contribution in [0.1, 0.15) is 24.8 Å². The standard InChI is InChI=1S/C20H20F3N5/c21-20(22,23)19(6-7-19)13-5-9-28-16(12-25-18(28)10-13)15-2-1-3-17(27-15)26-14-4-8-24-11-14/h1-3,5,9-10,12,14,24H,4,6-8,11H2,(H,26,27). The molecule has 3 aromatic heterocycles. The average Bonchev–Trinajstić information content (AvgIpc) is 3.16. The molecule has 146 valence electrons. The van der Waals surface area contributed by atoms with Gasteiger partial charge in [0.05, 0.1) is 23.0 Å². The molecule has 5 rings (SSSR count). The highest BCUT2D eigenvalue weighted by atomic mass is 19.4. The fourth-order valence-electron chi connectivity index (χ4n) is 3.97. The second-order valence-electron chi connectivity index (χ2n) is 7.61. The van der Waals surface area contributed by atoms with Crippen molar-refractivity contribution in [2.45, 2.75) is 36.9 Å². The maximum absolute atomic E-state index is 13.4. The van der Waals surface area contributed by atoms with Crippen LogP contribution in [0.15, 0.2) is 42.7 Å². The first-order valence-electron chi connectivity index (χ1n) is 9.45. The summed E-state index contributed by atoms with van der Waals surface area (Å²) in [6.07, 6.45) is 0.441. The van der Waals surface area contributed by atoms with Crippen molar-refractivity contribution in [1.29, 1.82) is 0 Å². The zero-order valence-corrected chi connectivity index (χ0v) is 15.1. The Hall–Kier alpha value is -2.61. The van der Waals surface area contributed by atoms with Crippen molar-refractivity contribution in [2.75, 3.05) is 18.4 Å². The smallest absolute Gasteiger partial charge is 0.366 e. The molecule has 0 bridgehead atoms. The van der Waals surface area contributed by atoms with Crippen LogP contribution >= 0.6 is 0 Å². The molecule has 1 saturated carbocycles. The molecule has 1 saturated heterocycles. The van der Waals surface area contributed by atoms with Crippen LogP contribution in [0.25, 0.3) is 17.0 Å². The molecule has 2 fully saturated rings. The Labute approximate surface area is 160 Å². The summed E-state index contributed by atoms with van der Waals surface area (Å²) >= 11 is 0. The molecule has 1 atom stereocenters. The molecule has 1 aliphatic carbocycles. The lowest BCUT2D eigenvalue weighted by atomic mass is 9.96. The first-order valence-corrected chi connectivity index (χ1v) is 9.45. The second kappa shape index (κ2) is 6.20. The van der Waals surface area contributed by atoms with E-state index < -0.39 is 11.6 Å². The van der Waals surface area contributed by atoms with Crippen molar-refractivity contribution in [3.8, 4) is 11.4 Å². The Morgan fingerprint density at radius 2 is 2.07 bits per heavy atom. The van der Waals surface area contributed by atoms with E-state index in [0.717, 1.165) is 36.7 Å². The molecule has 3 aromatic rings. The summed E-state index contributed by atoms with van der Waals surface area (Å²) in [5.41, 5.74) is 0.586. The molecule has 0 aromatic carbocycles. The molecular weight excluding hydrogens is 367 g/mol. The largest absolute Gasteiger partial charge is 0.398 e. The first kappa shape index (κ1) is 17.5. The highest BCUT2D eigenvalue weighted by molar-refractivity contribution is 5.63. The van der Waals surface area contributed by atoms with Crippen molar-refractivity contribution < 1.29 is 13.2 Å². The van der Waals surface area contributed by atoms with E-state index >= 15 is 0 Å². The number of pyridine rings is 2. The number of nitrogens with zero attached hydrogens (tertiary/aromatic N) is 3. The van der Waals surface area contributed by atoms with Gasteiger partial charge in [0.1, 0.15) is 11.5 Å². The van der Waals surface area contributed by atoms with Gasteiger partial charge in [0.25, 0.3) is 0 Å². The number of rotatable bonds is 4. The number of nitrogens with one attached hydrogen (secondary N) is 2. The first-order chi connectivity index (χ1) is 13.5. The number of anilines is 1. The maximum Gasteiger partial charge on any atom is 0.398 e. The fourth-order valence-corrected chi connectivity index (χ4v) is 3.97. The minimum Gasteiger partial charge on any atom is -0.366 e. The Morgan fingerprint density at radius 1 is 1.21 bits per heavy atom. The van der Waals surface area contributed by atoms with Crippen LogP contribution in [-0.2, 0) is 5.41 Å². The number of alkyl halides is 3. The topological polar surface area (TPSA) is 54.2 Å². The Balaban J connectivity index is 1.47. The number of halogens is 3. The van der Waals surface area contributed by atoms with Gasteiger partial charge in [0.15, 0.2) is 0 Å². The minimum atomic E-state index is -4.22. The zero-order valence-electron chi connectivity index (χ0n) is 15.1. The van der Waals surface area contributed by atoms with Gasteiger partial charge in [-0.3, -0.25) is 4.40 Å². The van der Waals surface area contributed by atoms with E-state index in [0.29, 0.717) is 17.3 Å². The molecule has 5 nitrogen and oxygen atoms in total. The summed E-state index contributed by atoms with van der Waals surface area (Å²) in [7, 11) is 0. The molecule has 0 radical (unpaired) electrons. The van der Waals surface area contributed by atoms with E-state index in [2.05, 4.69) is 20.6 Å². The summed E-state index contributed by atoms with van der Waals surface area (Å²) < 4.78 is 42.0. The molecule has 1 unspecified atom stereocenters. The van der Waals surface area contributed by atoms with Gasteiger partial charge in [-0.2, -0.15) is 13.2 Å². The number of hydrogen-bond acceptors (Lipinski definition) is 4. The van der Waals surface area contributed by atoms with Crippen LogP contribution in [0.3, 0.4) is 0 Å². The SMILES string of the molecule is FC(F)(F)C1(c2ccn3c(-c4cccc(NC5CCNC5)n4)cnc3c2)CC1. The molecule has 4 heterocycles. The quantitative estimate of drug-likeness (QED) is 0.716. The van der Waals surface area contributed by atoms with Crippen molar-refractivity contribution in [3.63, 3.8) is 0 Å². The van der Waals surface area contributed by atoms with Crippen LogP contribution in [0.2, 0.25) is 0 Å². The van der Waals surface area contributed by atoms with Gasteiger partial charge in [-0.25, -0.2) is 9.97 Å². The third-order valence-corrected chi connectivity index (χ3v) is 5.78. The van der Waals surface area contributed by atoms with E-state index in [1.165, 1.54) is 0 Å². The summed E-state index contributed by atoms with van der Waals surface area (Å²) in [6.45, 7) is 1.90. The van der Waals surface area contributed by atoms with Gasteiger partial charge in [-0.1, -0.05) is 6.07 Å². The van der Waals surface area contributed by atoms with Crippen LogP contribution in [0, 0.1) is 0 Å². The number of aromatic nitrogens is 3. The molecule has 0 spiro atoms. The predicted octanol–water partition coefficient (Wildman–Crippen LogP) is 3.76. The number of fused-ring (bicyclic) bond motifs is 1. The van der Waals surface area contributed by atoms with E-state index in [9.17, 15) is 13.2 Å². The summed E-state index contributed by atoms with van der Waals surface area (Å²) in [5, 5.41) is 6.72.